The number of imidazole rings is 2. The molecule has 5 heterocycles. The van der Waals surface area contributed by atoms with E-state index in [0.717, 1.165) is 87.5 Å². The largest absolute Gasteiger partial charge is 0.490 e. The van der Waals surface area contributed by atoms with Gasteiger partial charge in [-0.25, -0.2) is 19.0 Å². The average Bonchev–Trinajstić information content (AvgIpc) is 3.93. The Labute approximate surface area is 384 Å². The van der Waals surface area contributed by atoms with E-state index in [1.807, 2.05) is 83.5 Å². The Kier molecular flexibility index (Phi) is 11.5. The van der Waals surface area contributed by atoms with Gasteiger partial charge < -0.3 is 25.7 Å². The Balaban J connectivity index is 0.000000155. The summed E-state index contributed by atoms with van der Waals surface area (Å²) in [5.41, 5.74) is 26.1. The molecule has 0 saturated heterocycles. The Morgan fingerprint density at radius 2 is 1.02 bits per heavy atom. The van der Waals surface area contributed by atoms with Crippen molar-refractivity contribution in [1.29, 1.82) is 0 Å². The molecule has 11 rings (SSSR count). The van der Waals surface area contributed by atoms with Crippen molar-refractivity contribution in [2.24, 2.45) is 11.5 Å². The summed E-state index contributed by atoms with van der Waals surface area (Å²) in [5.74, 6) is 1.68. The molecule has 0 atom stereocenters. The van der Waals surface area contributed by atoms with E-state index in [1.165, 1.54) is 24.0 Å². The lowest BCUT2D eigenvalue weighted by Gasteiger charge is -2.38. The maximum atomic E-state index is 6.56. The number of fused-ring (bicyclic) bond motifs is 2. The third kappa shape index (κ3) is 7.92. The first-order valence-electron chi connectivity index (χ1n) is 22.8. The number of ether oxygens (including phenoxy) is 3. The van der Waals surface area contributed by atoms with Crippen LogP contribution in [0.5, 0.6) is 17.5 Å². The molecule has 12 heteroatoms. The number of hydrogen-bond donors (Lipinski definition) is 2. The predicted octanol–water partition coefficient (Wildman–Crippen LogP) is 10.7. The molecular formula is C54H53N9O3. The highest BCUT2D eigenvalue weighted by Gasteiger charge is 2.35. The number of benzene rings is 4. The molecule has 0 amide bonds. The van der Waals surface area contributed by atoms with Gasteiger partial charge in [0.1, 0.15) is 11.4 Å². The molecule has 332 valence electrons. The van der Waals surface area contributed by atoms with Crippen LogP contribution in [-0.2, 0) is 11.1 Å². The van der Waals surface area contributed by atoms with Crippen molar-refractivity contribution in [3.05, 3.63) is 157 Å². The topological polar surface area (TPSA) is 153 Å². The summed E-state index contributed by atoms with van der Waals surface area (Å²) in [4.78, 5) is 14.3. The van der Waals surface area contributed by atoms with Gasteiger partial charge in [0.05, 0.1) is 31.7 Å². The molecule has 12 nitrogen and oxygen atoms in total. The summed E-state index contributed by atoms with van der Waals surface area (Å²) in [7, 11) is 1.63. The van der Waals surface area contributed by atoms with Crippen LogP contribution in [0.2, 0.25) is 0 Å². The smallest absolute Gasteiger partial charge is 0.235 e. The maximum Gasteiger partial charge on any atom is 0.235 e. The van der Waals surface area contributed by atoms with Gasteiger partial charge in [-0.2, -0.15) is 0 Å². The summed E-state index contributed by atoms with van der Waals surface area (Å²) < 4.78 is 20.9. The molecule has 0 aliphatic heterocycles. The van der Waals surface area contributed by atoms with Crippen LogP contribution < -0.4 is 25.7 Å². The fourth-order valence-electron chi connectivity index (χ4n) is 9.02. The van der Waals surface area contributed by atoms with Crippen molar-refractivity contribution in [3.8, 4) is 73.7 Å². The highest BCUT2D eigenvalue weighted by Crippen LogP contribution is 2.43. The molecule has 4 aromatic carbocycles. The predicted molar refractivity (Wildman–Crippen MR) is 259 cm³/mol. The van der Waals surface area contributed by atoms with Crippen LogP contribution in [0.4, 0.5) is 0 Å². The van der Waals surface area contributed by atoms with Gasteiger partial charge in [-0.15, -0.1) is 10.2 Å². The van der Waals surface area contributed by atoms with E-state index in [1.54, 1.807) is 19.5 Å². The Bertz CT molecular complexity index is 3110. The lowest BCUT2D eigenvalue weighted by atomic mass is 9.72. The van der Waals surface area contributed by atoms with E-state index >= 15 is 0 Å². The second-order valence-electron chi connectivity index (χ2n) is 17.0. The lowest BCUT2D eigenvalue weighted by molar-refractivity contribution is 0.253. The van der Waals surface area contributed by atoms with Crippen LogP contribution in [-0.4, -0.2) is 54.5 Å². The van der Waals surface area contributed by atoms with Crippen LogP contribution in [0, 0.1) is 0 Å². The fourth-order valence-corrected chi connectivity index (χ4v) is 9.02. The second-order valence-corrected chi connectivity index (χ2v) is 17.0. The summed E-state index contributed by atoms with van der Waals surface area (Å²) in [6.45, 7) is 4.95. The normalized spacial score (nSPS) is 14.7. The minimum Gasteiger partial charge on any atom is -0.490 e. The van der Waals surface area contributed by atoms with E-state index in [4.69, 9.17) is 45.8 Å². The van der Waals surface area contributed by atoms with Crippen molar-refractivity contribution in [2.75, 3.05) is 20.3 Å². The summed E-state index contributed by atoms with van der Waals surface area (Å²) in [5, 5.41) is 9.52. The van der Waals surface area contributed by atoms with Gasteiger partial charge in [0.25, 0.3) is 0 Å². The molecule has 4 N–H and O–H groups in total. The zero-order chi connectivity index (χ0) is 45.3. The van der Waals surface area contributed by atoms with Gasteiger partial charge in [0.2, 0.25) is 11.8 Å². The van der Waals surface area contributed by atoms with Crippen LogP contribution in [0.25, 0.3) is 67.5 Å². The molecule has 2 aliphatic rings. The van der Waals surface area contributed by atoms with E-state index in [2.05, 4.69) is 77.8 Å². The van der Waals surface area contributed by atoms with E-state index < -0.39 is 0 Å². The van der Waals surface area contributed by atoms with Crippen LogP contribution in [0.1, 0.15) is 63.5 Å². The first-order valence-corrected chi connectivity index (χ1v) is 22.8. The molecule has 66 heavy (non-hydrogen) atoms. The van der Waals surface area contributed by atoms with Gasteiger partial charge >= 0.3 is 0 Å². The van der Waals surface area contributed by atoms with E-state index in [-0.39, 0.29) is 11.1 Å². The molecule has 2 aliphatic carbocycles. The number of nitrogens with two attached hydrogens (primary N) is 2. The van der Waals surface area contributed by atoms with Crippen molar-refractivity contribution < 1.29 is 14.2 Å². The van der Waals surface area contributed by atoms with Gasteiger partial charge in [-0.3, -0.25) is 4.98 Å². The van der Waals surface area contributed by atoms with Gasteiger partial charge in [-0.1, -0.05) is 109 Å². The zero-order valence-corrected chi connectivity index (χ0v) is 37.5. The van der Waals surface area contributed by atoms with Gasteiger partial charge in [0, 0.05) is 63.4 Å². The third-order valence-corrected chi connectivity index (χ3v) is 12.9. The molecule has 0 spiro atoms. The van der Waals surface area contributed by atoms with E-state index in [9.17, 15) is 0 Å². The Morgan fingerprint density at radius 1 is 0.530 bits per heavy atom. The number of aromatic nitrogens is 7. The molecular weight excluding hydrogens is 823 g/mol. The minimum atomic E-state index is -0.191. The third-order valence-electron chi connectivity index (χ3n) is 12.9. The van der Waals surface area contributed by atoms with Crippen molar-refractivity contribution in [3.63, 3.8) is 0 Å². The van der Waals surface area contributed by atoms with Crippen LogP contribution in [0.3, 0.4) is 0 Å². The first-order chi connectivity index (χ1) is 32.3. The molecule has 2 fully saturated rings. The van der Waals surface area contributed by atoms with Crippen LogP contribution in [0.15, 0.2) is 146 Å². The highest BCUT2D eigenvalue weighted by atomic mass is 16.5. The zero-order valence-electron chi connectivity index (χ0n) is 37.5. The Morgan fingerprint density at radius 3 is 1.48 bits per heavy atom. The van der Waals surface area contributed by atoms with E-state index in [0.29, 0.717) is 36.4 Å². The first kappa shape index (κ1) is 42.5. The minimum absolute atomic E-state index is 0.185. The summed E-state index contributed by atoms with van der Waals surface area (Å²) in [6.07, 6.45) is 10.1. The maximum absolute atomic E-state index is 6.56. The quantitative estimate of drug-likeness (QED) is 0.121. The summed E-state index contributed by atoms with van der Waals surface area (Å²) in [6, 6.07) is 45.1. The monoisotopic (exact) mass is 875 g/mol. The summed E-state index contributed by atoms with van der Waals surface area (Å²) >= 11 is 0. The number of pyridine rings is 1. The van der Waals surface area contributed by atoms with Gasteiger partial charge in [0.15, 0.2) is 17.0 Å². The second kappa shape index (κ2) is 17.9. The molecule has 9 aromatic rings. The van der Waals surface area contributed by atoms with Gasteiger partial charge in [-0.05, 0) is 81.2 Å². The van der Waals surface area contributed by atoms with Crippen molar-refractivity contribution in [2.45, 2.75) is 63.5 Å². The Hall–Kier alpha value is -7.41. The highest BCUT2D eigenvalue weighted by molar-refractivity contribution is 5.88. The SMILES string of the molecule is CCOc1cc(OCC)c2nc(-c3ccc(C4(N)CCC4)cc3)c(-c3ccccc3)n2n1.COc1cc(-c2ccncc2)c2nc(-c3ccc(C4(N)CCC4)cc3)c(-c3ccccc3)n2n1. The number of hydrogen-bond acceptors (Lipinski definition) is 10. The van der Waals surface area contributed by atoms with Crippen molar-refractivity contribution >= 4 is 11.3 Å². The molecule has 2 saturated carbocycles. The molecule has 0 radical (unpaired) electrons. The number of nitrogens with zero attached hydrogens (tertiary/aromatic N) is 7. The number of methoxy groups -OCH3 is 1. The standard InChI is InChI=1S/C28H25N5O.C26H28N4O2/c1-34-24-18-23(19-12-16-30-17-13-19)27-31-25(26(33(27)32-24)21-6-3-2-4-7-21)20-8-10-22(11-9-20)28(29)14-5-15-28;1-3-31-21-17-22(32-4-2)29-30-24(19-9-6-5-7-10-19)23(28-25(21)30)18-11-13-20(14-12-18)26(27)15-8-16-26/h2-4,6-13,16-18H,5,14-15,29H2,1H3;5-7,9-14,17H,3-4,8,15-16,27H2,1-2H3. The molecule has 0 unspecified atom stereocenters. The number of rotatable bonds is 12. The van der Waals surface area contributed by atoms with Crippen LogP contribution >= 0.6 is 0 Å². The molecule has 0 bridgehead atoms. The molecule has 5 aromatic heterocycles. The van der Waals surface area contributed by atoms with Crippen molar-refractivity contribution in [1.82, 2.24) is 34.2 Å². The average molecular weight is 876 g/mol. The lowest BCUT2D eigenvalue weighted by Crippen LogP contribution is -2.43. The fraction of sp³-hybridized carbons (Fsp3) is 0.241.